The van der Waals surface area contributed by atoms with Crippen LogP contribution in [0.3, 0.4) is 0 Å². The Balaban J connectivity index is 1.61. The number of para-hydroxylation sites is 1. The smallest absolute Gasteiger partial charge is 0.266 e. The van der Waals surface area contributed by atoms with E-state index in [1.165, 1.54) is 0 Å². The summed E-state index contributed by atoms with van der Waals surface area (Å²) >= 11 is 1.62. The average molecular weight is 475 g/mol. The number of nitrogens with zero attached hydrogens (tertiary/aromatic N) is 2. The second-order valence-corrected chi connectivity index (χ2v) is 8.91. The molecule has 2 heterocycles. The molecule has 0 radical (unpaired) electrons. The molecule has 0 aliphatic heterocycles. The van der Waals surface area contributed by atoms with Crippen molar-refractivity contribution in [3.8, 4) is 23.3 Å². The standard InChI is InChI=1S/C30H22N2O2S/c1-21-20-23(11-16-25-6-5-19-35-25)12-17-28(21)32-29(18-13-22-9-14-24(34-2)15-10-22)31-27-8-4-3-7-26(27)30(32)33/h3-10,12-15,17-20H,1-2H3. The fourth-order valence-electron chi connectivity index (χ4n) is 3.85. The molecular weight excluding hydrogens is 452 g/mol. The molecule has 170 valence electrons. The second-order valence-electron chi connectivity index (χ2n) is 7.96. The zero-order valence-electron chi connectivity index (χ0n) is 19.4. The molecule has 0 unspecified atom stereocenters. The van der Waals surface area contributed by atoms with E-state index in [4.69, 9.17) is 9.72 Å². The lowest BCUT2D eigenvalue weighted by Gasteiger charge is -2.14. The van der Waals surface area contributed by atoms with E-state index in [9.17, 15) is 4.79 Å². The van der Waals surface area contributed by atoms with Crippen LogP contribution in [0.2, 0.25) is 0 Å². The SMILES string of the molecule is COc1ccc(C=Cc2nc3ccccc3c(=O)n2-c2ccc(C#Cc3cccs3)cc2C)cc1. The third-order valence-corrected chi connectivity index (χ3v) is 6.42. The van der Waals surface area contributed by atoms with Gasteiger partial charge in [-0.3, -0.25) is 9.36 Å². The Kier molecular flexibility index (Phi) is 6.30. The monoisotopic (exact) mass is 474 g/mol. The van der Waals surface area contributed by atoms with Crippen molar-refractivity contribution in [2.75, 3.05) is 7.11 Å². The van der Waals surface area contributed by atoms with E-state index in [0.717, 1.165) is 33.0 Å². The highest BCUT2D eigenvalue weighted by Crippen LogP contribution is 2.20. The van der Waals surface area contributed by atoms with E-state index < -0.39 is 0 Å². The minimum Gasteiger partial charge on any atom is -0.497 e. The predicted molar refractivity (Wildman–Crippen MR) is 144 cm³/mol. The number of benzene rings is 3. The normalized spacial score (nSPS) is 10.9. The number of fused-ring (bicyclic) bond motifs is 1. The highest BCUT2D eigenvalue weighted by atomic mass is 32.1. The van der Waals surface area contributed by atoms with Crippen LogP contribution in [0.1, 0.15) is 27.4 Å². The molecular formula is C30H22N2O2S. The van der Waals surface area contributed by atoms with Crippen LogP contribution in [0.5, 0.6) is 5.75 Å². The maximum Gasteiger partial charge on any atom is 0.266 e. The number of aromatic nitrogens is 2. The summed E-state index contributed by atoms with van der Waals surface area (Å²) in [5.41, 5.74) is 4.17. The molecule has 5 heteroatoms. The van der Waals surface area contributed by atoms with Gasteiger partial charge in [0.1, 0.15) is 11.6 Å². The molecule has 0 saturated heterocycles. The quantitative estimate of drug-likeness (QED) is 0.286. The van der Waals surface area contributed by atoms with Crippen molar-refractivity contribution >= 4 is 34.4 Å². The van der Waals surface area contributed by atoms with Gasteiger partial charge in [0.15, 0.2) is 0 Å². The molecule has 0 amide bonds. The first kappa shape index (κ1) is 22.4. The van der Waals surface area contributed by atoms with Crippen LogP contribution in [0.4, 0.5) is 0 Å². The number of aryl methyl sites for hydroxylation is 1. The number of rotatable bonds is 4. The van der Waals surface area contributed by atoms with Gasteiger partial charge in [-0.1, -0.05) is 48.2 Å². The summed E-state index contributed by atoms with van der Waals surface area (Å²) in [7, 11) is 1.64. The highest BCUT2D eigenvalue weighted by Gasteiger charge is 2.13. The van der Waals surface area contributed by atoms with Crippen LogP contribution < -0.4 is 10.3 Å². The summed E-state index contributed by atoms with van der Waals surface area (Å²) in [5.74, 6) is 7.76. The molecule has 0 N–H and O–H groups in total. The largest absolute Gasteiger partial charge is 0.497 e. The van der Waals surface area contributed by atoms with Gasteiger partial charge in [-0.2, -0.15) is 0 Å². The molecule has 0 aliphatic rings. The van der Waals surface area contributed by atoms with E-state index >= 15 is 0 Å². The van der Waals surface area contributed by atoms with E-state index in [1.54, 1.807) is 23.0 Å². The fraction of sp³-hybridized carbons (Fsp3) is 0.0667. The van der Waals surface area contributed by atoms with Crippen LogP contribution in [0, 0.1) is 18.8 Å². The van der Waals surface area contributed by atoms with E-state index in [2.05, 4.69) is 11.8 Å². The lowest BCUT2D eigenvalue weighted by Crippen LogP contribution is -2.23. The van der Waals surface area contributed by atoms with Crippen molar-refractivity contribution in [2.45, 2.75) is 6.92 Å². The van der Waals surface area contributed by atoms with Crippen LogP contribution in [-0.4, -0.2) is 16.7 Å². The first-order valence-electron chi connectivity index (χ1n) is 11.1. The Hall–Kier alpha value is -4.40. The summed E-state index contributed by atoms with van der Waals surface area (Å²) in [6.07, 6.45) is 3.82. The van der Waals surface area contributed by atoms with Crippen LogP contribution >= 0.6 is 11.3 Å². The number of thiophene rings is 1. The zero-order valence-corrected chi connectivity index (χ0v) is 20.2. The molecule has 0 spiro atoms. The molecule has 0 aliphatic carbocycles. The number of ether oxygens (including phenoxy) is 1. The van der Waals surface area contributed by atoms with Crippen molar-refractivity contribution in [1.29, 1.82) is 0 Å². The lowest BCUT2D eigenvalue weighted by atomic mass is 10.1. The van der Waals surface area contributed by atoms with Crippen molar-refractivity contribution in [3.05, 3.63) is 122 Å². The Morgan fingerprint density at radius 1 is 0.943 bits per heavy atom. The molecule has 0 fully saturated rings. The first-order valence-corrected chi connectivity index (χ1v) is 12.0. The maximum atomic E-state index is 13.6. The molecule has 3 aromatic carbocycles. The average Bonchev–Trinajstić information content (AvgIpc) is 3.41. The third kappa shape index (κ3) is 4.79. The molecule has 0 saturated carbocycles. The summed E-state index contributed by atoms with van der Waals surface area (Å²) in [4.78, 5) is 19.4. The van der Waals surface area contributed by atoms with Crippen LogP contribution in [-0.2, 0) is 0 Å². The molecule has 0 bridgehead atoms. The van der Waals surface area contributed by atoms with Gasteiger partial charge in [-0.25, -0.2) is 4.98 Å². The third-order valence-electron chi connectivity index (χ3n) is 5.63. The van der Waals surface area contributed by atoms with Gasteiger partial charge in [-0.15, -0.1) is 11.3 Å². The minimum absolute atomic E-state index is 0.106. The number of hydrogen-bond acceptors (Lipinski definition) is 4. The fourth-order valence-corrected chi connectivity index (χ4v) is 4.42. The lowest BCUT2D eigenvalue weighted by molar-refractivity contribution is 0.415. The Morgan fingerprint density at radius 2 is 1.77 bits per heavy atom. The highest BCUT2D eigenvalue weighted by molar-refractivity contribution is 7.10. The Bertz CT molecular complexity index is 1650. The van der Waals surface area contributed by atoms with E-state index in [-0.39, 0.29) is 5.56 Å². The summed E-state index contributed by atoms with van der Waals surface area (Å²) in [5, 5.41) is 2.59. The van der Waals surface area contributed by atoms with Gasteiger partial charge < -0.3 is 4.74 Å². The number of methoxy groups -OCH3 is 1. The second kappa shape index (κ2) is 9.84. The van der Waals surface area contributed by atoms with E-state index in [1.807, 2.05) is 103 Å². The molecule has 4 nitrogen and oxygen atoms in total. The maximum absolute atomic E-state index is 13.6. The zero-order chi connectivity index (χ0) is 24.2. The van der Waals surface area contributed by atoms with E-state index in [0.29, 0.717) is 16.7 Å². The van der Waals surface area contributed by atoms with Crippen molar-refractivity contribution < 1.29 is 4.74 Å². The van der Waals surface area contributed by atoms with Crippen LogP contribution in [0.15, 0.2) is 89.0 Å². The van der Waals surface area contributed by atoms with Gasteiger partial charge >= 0.3 is 0 Å². The number of hydrogen-bond donors (Lipinski definition) is 0. The van der Waals surface area contributed by atoms with Crippen molar-refractivity contribution in [2.24, 2.45) is 0 Å². The molecule has 0 atom stereocenters. The van der Waals surface area contributed by atoms with Gasteiger partial charge in [0.25, 0.3) is 5.56 Å². The van der Waals surface area contributed by atoms with Gasteiger partial charge in [0.2, 0.25) is 0 Å². The predicted octanol–water partition coefficient (Wildman–Crippen LogP) is 6.33. The summed E-state index contributed by atoms with van der Waals surface area (Å²) in [6, 6.07) is 25.0. The topological polar surface area (TPSA) is 44.1 Å². The van der Waals surface area contributed by atoms with Gasteiger partial charge in [0.05, 0.1) is 28.6 Å². The minimum atomic E-state index is -0.106. The Morgan fingerprint density at radius 3 is 2.51 bits per heavy atom. The van der Waals surface area contributed by atoms with Crippen LogP contribution in [0.25, 0.3) is 28.7 Å². The molecule has 5 rings (SSSR count). The van der Waals surface area contributed by atoms with Gasteiger partial charge in [0, 0.05) is 5.56 Å². The summed E-state index contributed by atoms with van der Waals surface area (Å²) < 4.78 is 6.92. The summed E-state index contributed by atoms with van der Waals surface area (Å²) in [6.45, 7) is 1.99. The molecule has 2 aromatic heterocycles. The van der Waals surface area contributed by atoms with Crippen molar-refractivity contribution in [3.63, 3.8) is 0 Å². The molecule has 35 heavy (non-hydrogen) atoms. The molecule has 5 aromatic rings. The first-order chi connectivity index (χ1) is 17.1. The van der Waals surface area contributed by atoms with Crippen molar-refractivity contribution in [1.82, 2.24) is 9.55 Å². The Labute approximate surface area is 207 Å². The van der Waals surface area contributed by atoms with Gasteiger partial charge in [-0.05, 0) is 78.0 Å².